The lowest BCUT2D eigenvalue weighted by atomic mass is 9.94. The predicted octanol–water partition coefficient (Wildman–Crippen LogP) is 2.83. The van der Waals surface area contributed by atoms with Gasteiger partial charge in [-0.05, 0) is 5.92 Å². The van der Waals surface area contributed by atoms with Crippen LogP contribution in [0.5, 0.6) is 0 Å². The van der Waals surface area contributed by atoms with Gasteiger partial charge in [-0.2, -0.15) is 5.26 Å². The molecule has 0 bridgehead atoms. The van der Waals surface area contributed by atoms with E-state index in [1.807, 2.05) is 6.07 Å². The standard InChI is InChI=1S/C11H17NO/c12-8-7-11(13)9-10-5-3-1-2-4-6-10/h10H,1-7,9H2. The van der Waals surface area contributed by atoms with Crippen LogP contribution in [-0.2, 0) is 4.79 Å². The second-order valence-corrected chi connectivity index (χ2v) is 3.94. The minimum atomic E-state index is 0.108. The van der Waals surface area contributed by atoms with Gasteiger partial charge in [-0.3, -0.25) is 4.79 Å². The van der Waals surface area contributed by atoms with E-state index in [0.717, 1.165) is 0 Å². The van der Waals surface area contributed by atoms with Crippen molar-refractivity contribution in [3.63, 3.8) is 0 Å². The normalized spacial score (nSPS) is 19.0. The van der Waals surface area contributed by atoms with Crippen LogP contribution in [0.4, 0.5) is 0 Å². The third-order valence-electron chi connectivity index (χ3n) is 2.77. The van der Waals surface area contributed by atoms with Crippen LogP contribution in [0, 0.1) is 17.2 Å². The molecule has 72 valence electrons. The summed E-state index contributed by atoms with van der Waals surface area (Å²) in [5, 5.41) is 8.35. The summed E-state index contributed by atoms with van der Waals surface area (Å²) in [4.78, 5) is 11.2. The highest BCUT2D eigenvalue weighted by molar-refractivity contribution is 5.80. The molecule has 13 heavy (non-hydrogen) atoms. The lowest BCUT2D eigenvalue weighted by molar-refractivity contribution is -0.119. The third-order valence-corrected chi connectivity index (χ3v) is 2.77. The quantitative estimate of drug-likeness (QED) is 0.625. The number of nitrogens with zero attached hydrogens (tertiary/aromatic N) is 1. The SMILES string of the molecule is N#CCC(=O)CC1CCCCCC1. The van der Waals surface area contributed by atoms with Gasteiger partial charge in [-0.25, -0.2) is 0 Å². The fraction of sp³-hybridized carbons (Fsp3) is 0.818. The number of rotatable bonds is 3. The van der Waals surface area contributed by atoms with Gasteiger partial charge in [0.25, 0.3) is 0 Å². The van der Waals surface area contributed by atoms with Crippen molar-refractivity contribution in [2.75, 3.05) is 0 Å². The molecule has 0 unspecified atom stereocenters. The maximum atomic E-state index is 11.2. The zero-order valence-corrected chi connectivity index (χ0v) is 8.09. The molecule has 0 radical (unpaired) electrons. The summed E-state index contributed by atoms with van der Waals surface area (Å²) in [6.45, 7) is 0. The summed E-state index contributed by atoms with van der Waals surface area (Å²) >= 11 is 0. The molecule has 2 nitrogen and oxygen atoms in total. The summed E-state index contributed by atoms with van der Waals surface area (Å²) in [6.07, 6.45) is 8.32. The number of carbonyl (C=O) groups excluding carboxylic acids is 1. The lowest BCUT2D eigenvalue weighted by Gasteiger charge is -2.10. The zero-order chi connectivity index (χ0) is 9.52. The van der Waals surface area contributed by atoms with Crippen LogP contribution in [0.25, 0.3) is 0 Å². The number of hydrogen-bond donors (Lipinski definition) is 0. The Kier molecular flexibility index (Phi) is 4.53. The first kappa shape index (κ1) is 10.2. The Hall–Kier alpha value is -0.840. The second kappa shape index (κ2) is 5.75. The highest BCUT2D eigenvalue weighted by atomic mass is 16.1. The highest BCUT2D eigenvalue weighted by Gasteiger charge is 2.15. The van der Waals surface area contributed by atoms with Crippen LogP contribution in [0.3, 0.4) is 0 Å². The first-order chi connectivity index (χ1) is 6.33. The van der Waals surface area contributed by atoms with Crippen molar-refractivity contribution >= 4 is 5.78 Å². The van der Waals surface area contributed by atoms with Crippen LogP contribution in [0.1, 0.15) is 51.4 Å². The molecule has 1 saturated carbocycles. The molecule has 0 saturated heterocycles. The Bertz CT molecular complexity index is 197. The summed E-state index contributed by atoms with van der Waals surface area (Å²) in [5.74, 6) is 0.706. The molecule has 0 aromatic rings. The van der Waals surface area contributed by atoms with Crippen molar-refractivity contribution in [3.8, 4) is 6.07 Å². The van der Waals surface area contributed by atoms with Gasteiger partial charge < -0.3 is 0 Å². The van der Waals surface area contributed by atoms with E-state index in [0.29, 0.717) is 12.3 Å². The number of hydrogen-bond acceptors (Lipinski definition) is 2. The molecule has 1 rings (SSSR count). The molecule has 0 N–H and O–H groups in total. The van der Waals surface area contributed by atoms with E-state index in [1.165, 1.54) is 38.5 Å². The van der Waals surface area contributed by atoms with Crippen molar-refractivity contribution < 1.29 is 4.79 Å². The monoisotopic (exact) mass is 179 g/mol. The molecule has 0 aromatic heterocycles. The second-order valence-electron chi connectivity index (χ2n) is 3.94. The highest BCUT2D eigenvalue weighted by Crippen LogP contribution is 2.25. The molecule has 0 aliphatic heterocycles. The Morgan fingerprint density at radius 2 is 1.85 bits per heavy atom. The largest absolute Gasteiger partial charge is 0.299 e. The molecular formula is C11H17NO. The van der Waals surface area contributed by atoms with E-state index >= 15 is 0 Å². The fourth-order valence-corrected chi connectivity index (χ4v) is 2.05. The zero-order valence-electron chi connectivity index (χ0n) is 8.09. The Morgan fingerprint density at radius 3 is 2.38 bits per heavy atom. The van der Waals surface area contributed by atoms with Crippen LogP contribution in [0.15, 0.2) is 0 Å². The minimum Gasteiger partial charge on any atom is -0.299 e. The van der Waals surface area contributed by atoms with E-state index in [4.69, 9.17) is 5.26 Å². The smallest absolute Gasteiger partial charge is 0.147 e. The molecule has 0 spiro atoms. The van der Waals surface area contributed by atoms with Crippen LogP contribution in [0.2, 0.25) is 0 Å². The molecule has 0 aromatic carbocycles. The van der Waals surface area contributed by atoms with Crippen molar-refractivity contribution in [3.05, 3.63) is 0 Å². The summed E-state index contributed by atoms with van der Waals surface area (Å²) < 4.78 is 0. The molecule has 0 heterocycles. The topological polar surface area (TPSA) is 40.9 Å². The Balaban J connectivity index is 2.26. The van der Waals surface area contributed by atoms with Gasteiger partial charge in [0.15, 0.2) is 0 Å². The lowest BCUT2D eigenvalue weighted by Crippen LogP contribution is -2.06. The molecule has 1 fully saturated rings. The summed E-state index contributed by atoms with van der Waals surface area (Å²) in [7, 11) is 0. The molecule has 2 heteroatoms. The molecule has 1 aliphatic rings. The molecule has 1 aliphatic carbocycles. The van der Waals surface area contributed by atoms with Gasteiger partial charge in [-0.15, -0.1) is 0 Å². The van der Waals surface area contributed by atoms with Crippen LogP contribution >= 0.6 is 0 Å². The number of nitriles is 1. The van der Waals surface area contributed by atoms with E-state index in [-0.39, 0.29) is 12.2 Å². The maximum absolute atomic E-state index is 11.2. The Labute approximate surface area is 79.9 Å². The van der Waals surface area contributed by atoms with E-state index in [9.17, 15) is 4.79 Å². The Morgan fingerprint density at radius 1 is 1.23 bits per heavy atom. The first-order valence-electron chi connectivity index (χ1n) is 5.21. The average Bonchev–Trinajstić information content (AvgIpc) is 2.33. The van der Waals surface area contributed by atoms with Crippen LogP contribution in [-0.4, -0.2) is 5.78 Å². The van der Waals surface area contributed by atoms with Gasteiger partial charge in [0, 0.05) is 6.42 Å². The van der Waals surface area contributed by atoms with E-state index in [1.54, 1.807) is 0 Å². The van der Waals surface area contributed by atoms with Crippen LogP contribution < -0.4 is 0 Å². The van der Waals surface area contributed by atoms with E-state index < -0.39 is 0 Å². The van der Waals surface area contributed by atoms with Gasteiger partial charge in [0.2, 0.25) is 0 Å². The van der Waals surface area contributed by atoms with Gasteiger partial charge >= 0.3 is 0 Å². The van der Waals surface area contributed by atoms with Crippen molar-refractivity contribution in [2.24, 2.45) is 5.92 Å². The average molecular weight is 179 g/mol. The molecule has 0 atom stereocenters. The van der Waals surface area contributed by atoms with Gasteiger partial charge in [0.1, 0.15) is 5.78 Å². The van der Waals surface area contributed by atoms with Gasteiger partial charge in [-0.1, -0.05) is 38.5 Å². The van der Waals surface area contributed by atoms with Gasteiger partial charge in [0.05, 0.1) is 12.5 Å². The number of Topliss-reactive ketones (excluding diaryl/α,β-unsaturated/α-hetero) is 1. The number of ketones is 1. The van der Waals surface area contributed by atoms with Crippen molar-refractivity contribution in [1.29, 1.82) is 5.26 Å². The summed E-state index contributed by atoms with van der Waals surface area (Å²) in [5.41, 5.74) is 0. The summed E-state index contributed by atoms with van der Waals surface area (Å²) in [6, 6.07) is 1.92. The minimum absolute atomic E-state index is 0.108. The maximum Gasteiger partial charge on any atom is 0.147 e. The van der Waals surface area contributed by atoms with E-state index in [2.05, 4.69) is 0 Å². The fourth-order valence-electron chi connectivity index (χ4n) is 2.05. The number of carbonyl (C=O) groups is 1. The molecule has 0 amide bonds. The first-order valence-corrected chi connectivity index (χ1v) is 5.21. The van der Waals surface area contributed by atoms with Crippen molar-refractivity contribution in [1.82, 2.24) is 0 Å². The van der Waals surface area contributed by atoms with Crippen molar-refractivity contribution in [2.45, 2.75) is 51.4 Å². The predicted molar refractivity (Wildman–Crippen MR) is 51.0 cm³/mol. The third kappa shape index (κ3) is 4.07. The molecular weight excluding hydrogens is 162 g/mol.